The Balaban J connectivity index is 0.834. The minimum Gasteiger partial charge on any atom is -0.508 e. The summed E-state index contributed by atoms with van der Waals surface area (Å²) in [5, 5.41) is 20.6. The van der Waals surface area contributed by atoms with Crippen LogP contribution in [0.15, 0.2) is 322 Å². The lowest BCUT2D eigenvalue weighted by molar-refractivity contribution is 0.475. The van der Waals surface area contributed by atoms with Gasteiger partial charge in [0, 0.05) is 34.1 Å². The molecule has 4 heteroatoms. The Hall–Kier alpha value is -11.2. The summed E-state index contributed by atoms with van der Waals surface area (Å²) in [5.41, 5.74) is 21.5. The molecule has 0 saturated heterocycles. The largest absolute Gasteiger partial charge is 0.508 e. The summed E-state index contributed by atoms with van der Waals surface area (Å²) in [7, 11) is 0. The van der Waals surface area contributed by atoms with Crippen molar-refractivity contribution in [2.24, 2.45) is 0 Å². The normalized spacial score (nSPS) is 11.5. The molecular formula is C80H60N2O2. The van der Waals surface area contributed by atoms with Crippen LogP contribution in [0, 0.1) is 0 Å². The van der Waals surface area contributed by atoms with Crippen LogP contribution in [0.2, 0.25) is 0 Å². The minimum absolute atomic E-state index is 0.218. The molecular weight excluding hydrogens is 1020 g/mol. The predicted molar refractivity (Wildman–Crippen MR) is 354 cm³/mol. The van der Waals surface area contributed by atoms with E-state index >= 15 is 0 Å². The van der Waals surface area contributed by atoms with E-state index in [1.165, 1.54) is 0 Å². The zero-order valence-electron chi connectivity index (χ0n) is 46.3. The lowest BCUT2D eigenvalue weighted by Crippen LogP contribution is -2.09. The summed E-state index contributed by atoms with van der Waals surface area (Å²) >= 11 is 0. The van der Waals surface area contributed by atoms with Gasteiger partial charge in [-0.2, -0.15) is 0 Å². The van der Waals surface area contributed by atoms with Gasteiger partial charge in [0.1, 0.15) is 11.5 Å². The van der Waals surface area contributed by atoms with Crippen LogP contribution in [-0.4, -0.2) is 10.2 Å². The summed E-state index contributed by atoms with van der Waals surface area (Å²) in [6.45, 7) is 0. The molecule has 12 rings (SSSR count). The second-order valence-electron chi connectivity index (χ2n) is 20.5. The van der Waals surface area contributed by atoms with E-state index in [9.17, 15) is 10.2 Å². The Bertz CT molecular complexity index is 4160. The van der Waals surface area contributed by atoms with Crippen LogP contribution in [0.4, 0.5) is 34.1 Å². The van der Waals surface area contributed by atoms with E-state index in [1.54, 1.807) is 24.3 Å². The quantitative estimate of drug-likeness (QED) is 0.0892. The minimum atomic E-state index is 0.218. The van der Waals surface area contributed by atoms with Gasteiger partial charge in [0.2, 0.25) is 0 Å². The molecule has 12 aromatic rings. The Morgan fingerprint density at radius 2 is 0.405 bits per heavy atom. The third-order valence-electron chi connectivity index (χ3n) is 14.9. The highest BCUT2D eigenvalue weighted by Gasteiger charge is 2.17. The fourth-order valence-electron chi connectivity index (χ4n) is 10.5. The van der Waals surface area contributed by atoms with Crippen LogP contribution >= 0.6 is 0 Å². The van der Waals surface area contributed by atoms with Gasteiger partial charge in [0.05, 0.1) is 0 Å². The van der Waals surface area contributed by atoms with Crippen LogP contribution in [0.3, 0.4) is 0 Å². The van der Waals surface area contributed by atoms with Gasteiger partial charge < -0.3 is 20.0 Å². The average Bonchev–Trinajstić information content (AvgIpc) is 3.56. The van der Waals surface area contributed by atoms with E-state index in [0.717, 1.165) is 112 Å². The molecule has 0 aliphatic rings. The lowest BCUT2D eigenvalue weighted by Gasteiger charge is -2.26. The number of benzene rings is 12. The Labute approximate surface area is 492 Å². The molecule has 4 nitrogen and oxygen atoms in total. The zero-order valence-corrected chi connectivity index (χ0v) is 46.3. The number of phenolic OH excluding ortho intramolecular Hbond substituents is 2. The van der Waals surface area contributed by atoms with E-state index in [2.05, 4.69) is 283 Å². The van der Waals surface area contributed by atoms with Crippen molar-refractivity contribution in [3.8, 4) is 11.5 Å². The van der Waals surface area contributed by atoms with Gasteiger partial charge in [-0.15, -0.1) is 0 Å². The first-order chi connectivity index (χ1) is 41.4. The van der Waals surface area contributed by atoms with E-state index in [-0.39, 0.29) is 11.5 Å². The highest BCUT2D eigenvalue weighted by atomic mass is 16.3. The molecule has 0 heterocycles. The van der Waals surface area contributed by atoms with Crippen molar-refractivity contribution in [3.05, 3.63) is 383 Å². The fourth-order valence-corrected chi connectivity index (χ4v) is 10.5. The van der Waals surface area contributed by atoms with E-state index in [0.29, 0.717) is 0 Å². The number of hydrogen-bond acceptors (Lipinski definition) is 4. The molecule has 0 aliphatic carbocycles. The Morgan fingerprint density at radius 3 is 0.667 bits per heavy atom. The van der Waals surface area contributed by atoms with Crippen molar-refractivity contribution in [3.63, 3.8) is 0 Å². The van der Waals surface area contributed by atoms with Crippen molar-refractivity contribution in [1.29, 1.82) is 0 Å². The summed E-state index contributed by atoms with van der Waals surface area (Å²) in [6, 6.07) is 111. The van der Waals surface area contributed by atoms with Gasteiger partial charge in [-0.05, 0) is 193 Å². The molecule has 12 aromatic carbocycles. The third-order valence-corrected chi connectivity index (χ3v) is 14.9. The molecule has 0 unspecified atom stereocenters. The number of aromatic hydroxyl groups is 2. The second kappa shape index (κ2) is 25.5. The van der Waals surface area contributed by atoms with Crippen molar-refractivity contribution in [1.82, 2.24) is 0 Å². The van der Waals surface area contributed by atoms with E-state index < -0.39 is 0 Å². The van der Waals surface area contributed by atoms with E-state index in [1.807, 2.05) is 54.6 Å². The van der Waals surface area contributed by atoms with E-state index in [4.69, 9.17) is 0 Å². The molecule has 0 aliphatic heterocycles. The molecule has 0 spiro atoms. The first-order valence-corrected chi connectivity index (χ1v) is 28.2. The van der Waals surface area contributed by atoms with Gasteiger partial charge in [-0.25, -0.2) is 0 Å². The average molecular weight is 1080 g/mol. The zero-order chi connectivity index (χ0) is 56.9. The highest BCUT2D eigenvalue weighted by molar-refractivity contribution is 5.96. The summed E-state index contributed by atoms with van der Waals surface area (Å²) in [4.78, 5) is 4.43. The number of hydrogen-bond donors (Lipinski definition) is 2. The molecule has 84 heavy (non-hydrogen) atoms. The summed E-state index contributed by atoms with van der Waals surface area (Å²) in [6.07, 6.45) is 11.0. The molecule has 0 fully saturated rings. The van der Waals surface area contributed by atoms with Crippen LogP contribution < -0.4 is 9.80 Å². The standard InChI is InChI=1S/C80H60N2O2/c83-76-52-48-74(49-53-76)81(70-40-28-60(29-41-70)27-26-59-16-6-1-7-17-59)71-44-32-62(33-45-71)57-79(66-22-12-4-13-23-66)68-36-38-69(39-37-68)80(67-24-14-5-15-25-67)58-63-34-46-73(47-35-63)82(75-50-54-77(84)55-51-75)72-42-30-61(31-43-72)56-78(64-18-8-2-9-19-64)65-20-10-3-11-21-65/h1-58,83-84H. The maximum Gasteiger partial charge on any atom is 0.115 e. The Morgan fingerprint density at radius 1 is 0.202 bits per heavy atom. The highest BCUT2D eigenvalue weighted by Crippen LogP contribution is 2.39. The predicted octanol–water partition coefficient (Wildman–Crippen LogP) is 21.0. The lowest BCUT2D eigenvalue weighted by atomic mass is 9.91. The summed E-state index contributed by atoms with van der Waals surface area (Å²) in [5.74, 6) is 0.440. The van der Waals surface area contributed by atoms with Gasteiger partial charge in [0.25, 0.3) is 0 Å². The maximum atomic E-state index is 10.3. The molecule has 0 atom stereocenters. The fraction of sp³-hybridized carbons (Fsp3) is 0. The number of rotatable bonds is 17. The van der Waals surface area contributed by atoms with Gasteiger partial charge in [0.15, 0.2) is 0 Å². The second-order valence-corrected chi connectivity index (χ2v) is 20.5. The molecule has 0 radical (unpaired) electrons. The van der Waals surface area contributed by atoms with Gasteiger partial charge >= 0.3 is 0 Å². The number of nitrogens with zero attached hydrogens (tertiary/aromatic N) is 2. The van der Waals surface area contributed by atoms with Crippen LogP contribution in [0.1, 0.15) is 61.2 Å². The first-order valence-electron chi connectivity index (χ1n) is 28.2. The van der Waals surface area contributed by atoms with Crippen molar-refractivity contribution in [2.45, 2.75) is 0 Å². The van der Waals surface area contributed by atoms with Crippen molar-refractivity contribution >= 4 is 81.2 Å². The topological polar surface area (TPSA) is 46.9 Å². The summed E-state index contributed by atoms with van der Waals surface area (Å²) < 4.78 is 0. The molecule has 0 amide bonds. The molecule has 2 N–H and O–H groups in total. The monoisotopic (exact) mass is 1080 g/mol. The molecule has 402 valence electrons. The van der Waals surface area contributed by atoms with Crippen LogP contribution in [0.5, 0.6) is 11.5 Å². The van der Waals surface area contributed by atoms with Gasteiger partial charge in [-0.1, -0.05) is 237 Å². The van der Waals surface area contributed by atoms with Crippen molar-refractivity contribution in [2.75, 3.05) is 9.80 Å². The molecule has 0 saturated carbocycles. The third kappa shape index (κ3) is 12.9. The molecule has 0 aromatic heterocycles. The smallest absolute Gasteiger partial charge is 0.115 e. The Kier molecular flexibility index (Phi) is 16.2. The van der Waals surface area contributed by atoms with Crippen LogP contribution in [-0.2, 0) is 0 Å². The number of phenols is 2. The number of anilines is 6. The molecule has 0 bridgehead atoms. The SMILES string of the molecule is Oc1ccc(N(c2ccc(C=Cc3ccccc3)cc2)c2ccc(C=C(c3ccccc3)c3ccc(C(=Cc4ccc(N(c5ccc(O)cc5)c5ccc(C=C(c6ccccc6)c6ccccc6)cc5)cc4)c4ccccc4)cc3)cc2)cc1. The maximum absolute atomic E-state index is 10.3. The van der Waals surface area contributed by atoms with Crippen molar-refractivity contribution < 1.29 is 10.2 Å². The van der Waals surface area contributed by atoms with Gasteiger partial charge in [-0.3, -0.25) is 0 Å². The first kappa shape index (κ1) is 53.4. The van der Waals surface area contributed by atoms with Crippen LogP contribution in [0.25, 0.3) is 47.1 Å².